The highest BCUT2D eigenvalue weighted by molar-refractivity contribution is 7.93. The summed E-state index contributed by atoms with van der Waals surface area (Å²) in [5, 5.41) is 0.371. The molecule has 2 aromatic rings. The van der Waals surface area contributed by atoms with Gasteiger partial charge in [-0.25, -0.2) is 13.4 Å². The van der Waals surface area contributed by atoms with Crippen LogP contribution in [-0.4, -0.2) is 18.0 Å². The molecule has 0 atom stereocenters. The van der Waals surface area contributed by atoms with Crippen molar-refractivity contribution in [3.63, 3.8) is 0 Å². The number of nitrogens with zero attached hydrogens (tertiary/aromatic N) is 2. The molecule has 0 aromatic carbocycles. The Morgan fingerprint density at radius 1 is 1.53 bits per heavy atom. The molecule has 2 aromatic heterocycles. The minimum Gasteiger partial charge on any atom is -0.349 e. The molecule has 0 aliphatic carbocycles. The van der Waals surface area contributed by atoms with Crippen molar-refractivity contribution in [3.8, 4) is 0 Å². The molecular formula is C11H16N4O2S2. The third kappa shape index (κ3) is 2.96. The van der Waals surface area contributed by atoms with Crippen LogP contribution in [0.15, 0.2) is 23.4 Å². The predicted octanol–water partition coefficient (Wildman–Crippen LogP) is 1.53. The van der Waals surface area contributed by atoms with E-state index in [1.165, 1.54) is 11.3 Å². The summed E-state index contributed by atoms with van der Waals surface area (Å²) in [5.41, 5.74) is 6.38. The Balaban J connectivity index is 2.31. The van der Waals surface area contributed by atoms with Crippen LogP contribution >= 0.6 is 11.3 Å². The normalized spacial score (nSPS) is 11.7. The van der Waals surface area contributed by atoms with Crippen molar-refractivity contribution in [2.45, 2.75) is 31.8 Å². The average molecular weight is 300 g/mol. The van der Waals surface area contributed by atoms with Gasteiger partial charge in [0.05, 0.1) is 0 Å². The molecular weight excluding hydrogens is 284 g/mol. The minimum atomic E-state index is -3.60. The predicted molar refractivity (Wildman–Crippen MR) is 75.7 cm³/mol. The Hall–Kier alpha value is -1.38. The lowest BCUT2D eigenvalue weighted by atomic mass is 10.4. The van der Waals surface area contributed by atoms with E-state index in [0.717, 1.165) is 10.6 Å². The van der Waals surface area contributed by atoms with E-state index < -0.39 is 10.0 Å². The van der Waals surface area contributed by atoms with Crippen molar-refractivity contribution in [1.29, 1.82) is 0 Å². The van der Waals surface area contributed by atoms with E-state index in [4.69, 9.17) is 5.73 Å². The number of nitrogens with one attached hydrogen (secondary N) is 1. The summed E-state index contributed by atoms with van der Waals surface area (Å²) in [5.74, 6) is 0. The molecule has 0 aliphatic heterocycles. The fourth-order valence-corrected chi connectivity index (χ4v) is 3.68. The monoisotopic (exact) mass is 300 g/mol. The second-order valence-electron chi connectivity index (χ2n) is 4.04. The van der Waals surface area contributed by atoms with Crippen molar-refractivity contribution in [3.05, 3.63) is 29.0 Å². The maximum Gasteiger partial charge on any atom is 0.265 e. The van der Waals surface area contributed by atoms with Gasteiger partial charge in [0.1, 0.15) is 4.90 Å². The maximum absolute atomic E-state index is 12.2. The van der Waals surface area contributed by atoms with E-state index in [0.29, 0.717) is 18.2 Å². The molecule has 8 heteroatoms. The SMILES string of the molecule is CCn1cc(S(=O)(=O)Nc2ncc(C)s2)cc1CN. The van der Waals surface area contributed by atoms with Crippen LogP contribution in [0, 0.1) is 6.92 Å². The molecule has 3 N–H and O–H groups in total. The van der Waals surface area contributed by atoms with Gasteiger partial charge in [-0.3, -0.25) is 4.72 Å². The third-order valence-electron chi connectivity index (χ3n) is 2.66. The summed E-state index contributed by atoms with van der Waals surface area (Å²) in [6.07, 6.45) is 3.22. The molecule has 0 fully saturated rings. The Morgan fingerprint density at radius 2 is 2.26 bits per heavy atom. The van der Waals surface area contributed by atoms with Crippen molar-refractivity contribution < 1.29 is 8.42 Å². The van der Waals surface area contributed by atoms with Crippen LogP contribution in [0.5, 0.6) is 0 Å². The Kier molecular flexibility index (Phi) is 3.93. The van der Waals surface area contributed by atoms with Crippen molar-refractivity contribution in [1.82, 2.24) is 9.55 Å². The van der Waals surface area contributed by atoms with Gasteiger partial charge in [-0.05, 0) is 19.9 Å². The number of hydrogen-bond donors (Lipinski definition) is 2. The fraction of sp³-hybridized carbons (Fsp3) is 0.364. The first-order valence-corrected chi connectivity index (χ1v) is 8.10. The molecule has 0 spiro atoms. The number of aryl methyl sites for hydroxylation is 2. The first kappa shape index (κ1) is 14.0. The summed E-state index contributed by atoms with van der Waals surface area (Å²) in [6, 6.07) is 1.59. The molecule has 2 heterocycles. The topological polar surface area (TPSA) is 90.0 Å². The van der Waals surface area contributed by atoms with E-state index in [1.54, 1.807) is 18.5 Å². The lowest BCUT2D eigenvalue weighted by molar-refractivity contribution is 0.600. The van der Waals surface area contributed by atoms with Crippen LogP contribution in [0.4, 0.5) is 5.13 Å². The van der Waals surface area contributed by atoms with Crippen LogP contribution in [-0.2, 0) is 23.1 Å². The first-order chi connectivity index (χ1) is 8.96. The maximum atomic E-state index is 12.2. The zero-order valence-electron chi connectivity index (χ0n) is 10.8. The Morgan fingerprint density at radius 3 is 2.74 bits per heavy atom. The lowest BCUT2D eigenvalue weighted by Crippen LogP contribution is -2.12. The number of nitrogens with two attached hydrogens (primary N) is 1. The van der Waals surface area contributed by atoms with E-state index in [2.05, 4.69) is 9.71 Å². The summed E-state index contributed by atoms with van der Waals surface area (Å²) >= 11 is 1.30. The smallest absolute Gasteiger partial charge is 0.265 e. The number of thiazole rings is 1. The van der Waals surface area contributed by atoms with Gasteiger partial charge in [0.15, 0.2) is 5.13 Å². The third-order valence-corrected chi connectivity index (χ3v) is 4.93. The molecule has 0 unspecified atom stereocenters. The molecule has 0 bridgehead atoms. The second-order valence-corrected chi connectivity index (χ2v) is 6.96. The number of sulfonamides is 1. The zero-order valence-corrected chi connectivity index (χ0v) is 12.4. The first-order valence-electron chi connectivity index (χ1n) is 5.80. The molecule has 6 nitrogen and oxygen atoms in total. The van der Waals surface area contributed by atoms with E-state index >= 15 is 0 Å². The summed E-state index contributed by atoms with van der Waals surface area (Å²) < 4.78 is 28.7. The quantitative estimate of drug-likeness (QED) is 0.876. The Labute approximate surface area is 116 Å². The summed E-state index contributed by atoms with van der Waals surface area (Å²) in [7, 11) is -3.60. The highest BCUT2D eigenvalue weighted by atomic mass is 32.2. The number of rotatable bonds is 5. The Bertz CT molecular complexity index is 651. The standard InChI is InChI=1S/C11H16N4O2S2/c1-3-15-7-10(4-9(15)5-12)19(16,17)14-11-13-6-8(2)18-11/h4,6-7H,3,5,12H2,1-2H3,(H,13,14). The van der Waals surface area contributed by atoms with Crippen LogP contribution in [0.1, 0.15) is 17.5 Å². The molecule has 19 heavy (non-hydrogen) atoms. The molecule has 0 radical (unpaired) electrons. The van der Waals surface area contributed by atoms with Crippen molar-refractivity contribution >= 4 is 26.5 Å². The fourth-order valence-electron chi connectivity index (χ4n) is 1.71. The lowest BCUT2D eigenvalue weighted by Gasteiger charge is -2.02. The zero-order chi connectivity index (χ0) is 14.0. The van der Waals surface area contributed by atoms with Crippen LogP contribution < -0.4 is 10.5 Å². The van der Waals surface area contributed by atoms with Gasteiger partial charge in [0.25, 0.3) is 10.0 Å². The van der Waals surface area contributed by atoms with Crippen LogP contribution in [0.2, 0.25) is 0 Å². The number of aromatic nitrogens is 2. The largest absolute Gasteiger partial charge is 0.349 e. The van der Waals surface area contributed by atoms with Crippen LogP contribution in [0.25, 0.3) is 0 Å². The van der Waals surface area contributed by atoms with E-state index in [9.17, 15) is 8.42 Å². The van der Waals surface area contributed by atoms with Gasteiger partial charge in [0.2, 0.25) is 0 Å². The molecule has 0 aliphatic rings. The van der Waals surface area contributed by atoms with Crippen molar-refractivity contribution in [2.24, 2.45) is 5.73 Å². The van der Waals surface area contributed by atoms with Gasteiger partial charge >= 0.3 is 0 Å². The van der Waals surface area contributed by atoms with Gasteiger partial charge in [0, 0.05) is 36.1 Å². The van der Waals surface area contributed by atoms with Gasteiger partial charge in [-0.2, -0.15) is 0 Å². The summed E-state index contributed by atoms with van der Waals surface area (Å²) in [4.78, 5) is 5.15. The minimum absolute atomic E-state index is 0.211. The van der Waals surface area contributed by atoms with Gasteiger partial charge in [-0.1, -0.05) is 0 Å². The molecule has 0 amide bonds. The summed E-state index contributed by atoms with van der Waals surface area (Å²) in [6.45, 7) is 4.79. The molecule has 0 saturated heterocycles. The molecule has 0 saturated carbocycles. The average Bonchev–Trinajstić information content (AvgIpc) is 2.94. The van der Waals surface area contributed by atoms with Crippen molar-refractivity contribution in [2.75, 3.05) is 4.72 Å². The van der Waals surface area contributed by atoms with E-state index in [-0.39, 0.29) is 4.90 Å². The number of hydrogen-bond acceptors (Lipinski definition) is 5. The number of anilines is 1. The van der Waals surface area contributed by atoms with Gasteiger partial charge < -0.3 is 10.3 Å². The molecule has 2 rings (SSSR count). The van der Waals surface area contributed by atoms with Gasteiger partial charge in [-0.15, -0.1) is 11.3 Å². The van der Waals surface area contributed by atoms with Crippen LogP contribution in [0.3, 0.4) is 0 Å². The highest BCUT2D eigenvalue weighted by Crippen LogP contribution is 2.22. The second kappa shape index (κ2) is 5.32. The highest BCUT2D eigenvalue weighted by Gasteiger charge is 2.19. The molecule has 104 valence electrons. The van der Waals surface area contributed by atoms with E-state index in [1.807, 2.05) is 18.4 Å².